The number of rotatable bonds is 4. The molecule has 1 amide bonds. The van der Waals surface area contributed by atoms with Crippen LogP contribution in [0.5, 0.6) is 0 Å². The van der Waals surface area contributed by atoms with Crippen molar-refractivity contribution in [3.05, 3.63) is 41.0 Å². The van der Waals surface area contributed by atoms with E-state index in [4.69, 9.17) is 5.73 Å². The minimum Gasteiger partial charge on any atom is -0.368 e. The highest BCUT2D eigenvalue weighted by molar-refractivity contribution is 5.94. The fourth-order valence-corrected chi connectivity index (χ4v) is 5.03. The second kappa shape index (κ2) is 8.94. The smallest absolute Gasteiger partial charge is 0.251 e. The number of nitrogen functional groups attached to an aromatic ring is 1. The summed E-state index contributed by atoms with van der Waals surface area (Å²) in [6.45, 7) is 5.51. The molecule has 1 aliphatic carbocycles. The standard InChI is InChI=1S/C24H33N7O/c1-29-10-12-30(13-11-29)21-15-22(28-24(25)27-21)31-9-8-17-6-7-18(14-19(17)16-31)23(32)26-20-4-2-3-5-20/h6-7,14-15,20H,2-5,8-13,16H2,1H3,(H,26,32)(H2,25,27,28). The van der Waals surface area contributed by atoms with Gasteiger partial charge in [-0.05, 0) is 49.6 Å². The number of nitrogens with one attached hydrogen (secondary N) is 1. The molecule has 1 saturated carbocycles. The first-order valence-corrected chi connectivity index (χ1v) is 11.8. The van der Waals surface area contributed by atoms with Crippen LogP contribution in [0.4, 0.5) is 17.6 Å². The number of fused-ring (bicyclic) bond motifs is 1. The van der Waals surface area contributed by atoms with Crippen molar-refractivity contribution in [3.8, 4) is 0 Å². The van der Waals surface area contributed by atoms with Gasteiger partial charge in [-0.1, -0.05) is 18.9 Å². The number of hydrogen-bond donors (Lipinski definition) is 2. The number of carbonyl (C=O) groups excluding carboxylic acids is 1. The van der Waals surface area contributed by atoms with E-state index in [-0.39, 0.29) is 5.91 Å². The molecule has 1 aromatic heterocycles. The Kier molecular flexibility index (Phi) is 5.87. The van der Waals surface area contributed by atoms with Gasteiger partial charge in [0, 0.05) is 56.9 Å². The van der Waals surface area contributed by atoms with E-state index >= 15 is 0 Å². The zero-order chi connectivity index (χ0) is 22.1. The lowest BCUT2D eigenvalue weighted by Crippen LogP contribution is -2.45. The van der Waals surface area contributed by atoms with Gasteiger partial charge in [0.1, 0.15) is 11.6 Å². The van der Waals surface area contributed by atoms with Crippen molar-refractivity contribution in [1.29, 1.82) is 0 Å². The van der Waals surface area contributed by atoms with E-state index in [0.717, 1.165) is 75.7 Å². The molecule has 8 nitrogen and oxygen atoms in total. The fraction of sp³-hybridized carbons (Fsp3) is 0.542. The van der Waals surface area contributed by atoms with Crippen LogP contribution in [0.25, 0.3) is 0 Å². The van der Waals surface area contributed by atoms with E-state index in [9.17, 15) is 4.79 Å². The Bertz CT molecular complexity index is 980. The molecule has 3 heterocycles. The average molecular weight is 436 g/mol. The van der Waals surface area contributed by atoms with Crippen molar-refractivity contribution in [2.45, 2.75) is 44.7 Å². The maximum absolute atomic E-state index is 12.8. The van der Waals surface area contributed by atoms with Crippen LogP contribution in [0.3, 0.4) is 0 Å². The highest BCUT2D eigenvalue weighted by atomic mass is 16.1. The summed E-state index contributed by atoms with van der Waals surface area (Å²) in [5, 5.41) is 3.20. The van der Waals surface area contributed by atoms with Crippen molar-refractivity contribution in [1.82, 2.24) is 20.2 Å². The first-order valence-electron chi connectivity index (χ1n) is 11.8. The maximum Gasteiger partial charge on any atom is 0.251 e. The number of nitrogens with two attached hydrogens (primary N) is 1. The Morgan fingerprint density at radius 1 is 0.969 bits per heavy atom. The van der Waals surface area contributed by atoms with Crippen LogP contribution in [0.1, 0.15) is 47.2 Å². The monoisotopic (exact) mass is 435 g/mol. The molecule has 5 rings (SSSR count). The Hall–Kier alpha value is -2.87. The van der Waals surface area contributed by atoms with Gasteiger partial charge in [-0.3, -0.25) is 4.79 Å². The van der Waals surface area contributed by atoms with Crippen LogP contribution in [-0.2, 0) is 13.0 Å². The molecule has 0 radical (unpaired) electrons. The number of carbonyl (C=O) groups is 1. The summed E-state index contributed by atoms with van der Waals surface area (Å²) in [6, 6.07) is 8.51. The second-order valence-electron chi connectivity index (χ2n) is 9.34. The van der Waals surface area contributed by atoms with E-state index in [1.807, 2.05) is 6.07 Å². The summed E-state index contributed by atoms with van der Waals surface area (Å²) in [6.07, 6.45) is 5.53. The van der Waals surface area contributed by atoms with Crippen LogP contribution < -0.4 is 20.9 Å². The van der Waals surface area contributed by atoms with Crippen LogP contribution in [-0.4, -0.2) is 66.6 Å². The third-order valence-corrected chi connectivity index (χ3v) is 7.04. The van der Waals surface area contributed by atoms with E-state index < -0.39 is 0 Å². The molecule has 2 aliphatic heterocycles. The van der Waals surface area contributed by atoms with E-state index in [1.165, 1.54) is 24.0 Å². The molecule has 0 spiro atoms. The minimum absolute atomic E-state index is 0.0421. The summed E-state index contributed by atoms with van der Waals surface area (Å²) in [5.41, 5.74) is 9.34. The van der Waals surface area contributed by atoms with Gasteiger partial charge in [0.25, 0.3) is 5.91 Å². The van der Waals surface area contributed by atoms with Crippen molar-refractivity contribution >= 4 is 23.5 Å². The highest BCUT2D eigenvalue weighted by Gasteiger charge is 2.23. The molecule has 2 fully saturated rings. The van der Waals surface area contributed by atoms with Crippen LogP contribution in [0, 0.1) is 0 Å². The molecule has 1 saturated heterocycles. The topological polar surface area (TPSA) is 90.6 Å². The lowest BCUT2D eigenvalue weighted by Gasteiger charge is -2.34. The van der Waals surface area contributed by atoms with E-state index in [0.29, 0.717) is 12.0 Å². The number of piperazine rings is 1. The molecule has 2 aromatic rings. The minimum atomic E-state index is 0.0421. The second-order valence-corrected chi connectivity index (χ2v) is 9.34. The first kappa shape index (κ1) is 21.0. The normalized spacial score (nSPS) is 19.8. The summed E-state index contributed by atoms with van der Waals surface area (Å²) in [5.74, 6) is 2.11. The molecular formula is C24H33N7O. The quantitative estimate of drug-likeness (QED) is 0.760. The van der Waals surface area contributed by atoms with Crippen LogP contribution in [0.2, 0.25) is 0 Å². The summed E-state index contributed by atoms with van der Waals surface area (Å²) < 4.78 is 0. The van der Waals surface area contributed by atoms with Gasteiger partial charge in [0.2, 0.25) is 5.95 Å². The van der Waals surface area contributed by atoms with Gasteiger partial charge in [-0.25, -0.2) is 0 Å². The Morgan fingerprint density at radius 3 is 2.44 bits per heavy atom. The third-order valence-electron chi connectivity index (χ3n) is 7.04. The van der Waals surface area contributed by atoms with E-state index in [2.05, 4.69) is 55.2 Å². The number of hydrogen-bond acceptors (Lipinski definition) is 7. The van der Waals surface area contributed by atoms with Crippen molar-refractivity contribution in [2.75, 3.05) is 55.3 Å². The Morgan fingerprint density at radius 2 is 1.69 bits per heavy atom. The largest absolute Gasteiger partial charge is 0.368 e. The lowest BCUT2D eigenvalue weighted by atomic mass is 9.97. The number of nitrogens with zero attached hydrogens (tertiary/aromatic N) is 5. The molecule has 8 heteroatoms. The number of benzene rings is 1. The van der Waals surface area contributed by atoms with Gasteiger partial charge in [0.15, 0.2) is 0 Å². The molecular weight excluding hydrogens is 402 g/mol. The summed E-state index contributed by atoms with van der Waals surface area (Å²) in [7, 11) is 2.14. The number of aromatic nitrogens is 2. The summed E-state index contributed by atoms with van der Waals surface area (Å²) >= 11 is 0. The molecule has 0 unspecified atom stereocenters. The molecule has 3 aliphatic rings. The molecule has 0 bridgehead atoms. The van der Waals surface area contributed by atoms with Crippen molar-refractivity contribution < 1.29 is 4.79 Å². The van der Waals surface area contributed by atoms with Gasteiger partial charge >= 0.3 is 0 Å². The molecule has 0 atom stereocenters. The highest BCUT2D eigenvalue weighted by Crippen LogP contribution is 2.27. The zero-order valence-corrected chi connectivity index (χ0v) is 18.9. The fourth-order valence-electron chi connectivity index (χ4n) is 5.03. The van der Waals surface area contributed by atoms with E-state index in [1.54, 1.807) is 0 Å². The predicted molar refractivity (Wildman–Crippen MR) is 127 cm³/mol. The first-order chi connectivity index (χ1) is 15.5. The zero-order valence-electron chi connectivity index (χ0n) is 18.9. The molecule has 1 aromatic carbocycles. The predicted octanol–water partition coefficient (Wildman–Crippen LogP) is 2.05. The Balaban J connectivity index is 1.32. The summed E-state index contributed by atoms with van der Waals surface area (Å²) in [4.78, 5) is 28.7. The molecule has 32 heavy (non-hydrogen) atoms. The molecule has 3 N–H and O–H groups in total. The number of likely N-dealkylation sites (N-methyl/N-ethyl adjacent to an activating group) is 1. The van der Waals surface area contributed by atoms with Gasteiger partial charge in [-0.15, -0.1) is 0 Å². The third kappa shape index (κ3) is 4.50. The average Bonchev–Trinajstić information content (AvgIpc) is 3.31. The van der Waals surface area contributed by atoms with Crippen molar-refractivity contribution in [2.24, 2.45) is 0 Å². The Labute approximate surface area is 189 Å². The number of anilines is 3. The maximum atomic E-state index is 12.8. The molecule has 170 valence electrons. The van der Waals surface area contributed by atoms with Gasteiger partial charge in [0.05, 0.1) is 0 Å². The number of amides is 1. The van der Waals surface area contributed by atoms with Gasteiger partial charge in [-0.2, -0.15) is 9.97 Å². The van der Waals surface area contributed by atoms with Gasteiger partial charge < -0.3 is 25.8 Å². The SMILES string of the molecule is CN1CCN(c2cc(N3CCc4ccc(C(=O)NC5CCCC5)cc4C3)nc(N)n2)CC1. The van der Waals surface area contributed by atoms with Crippen LogP contribution >= 0.6 is 0 Å². The lowest BCUT2D eigenvalue weighted by molar-refractivity contribution is 0.0937. The van der Waals surface area contributed by atoms with Crippen LogP contribution in [0.15, 0.2) is 24.3 Å². The van der Waals surface area contributed by atoms with Crippen molar-refractivity contribution in [3.63, 3.8) is 0 Å².